The van der Waals surface area contributed by atoms with Gasteiger partial charge in [0.2, 0.25) is 0 Å². The van der Waals surface area contributed by atoms with Gasteiger partial charge in [0.15, 0.2) is 0 Å². The van der Waals surface area contributed by atoms with E-state index >= 15 is 0 Å². The fraction of sp³-hybridized carbons (Fsp3) is 1.00. The van der Waals surface area contributed by atoms with Gasteiger partial charge in [-0.05, 0) is 20.8 Å². The highest BCUT2D eigenvalue weighted by Crippen LogP contribution is 2.20. The zero-order chi connectivity index (χ0) is 12.4. The van der Waals surface area contributed by atoms with Crippen molar-refractivity contribution in [2.75, 3.05) is 26.4 Å². The van der Waals surface area contributed by atoms with E-state index in [4.69, 9.17) is 18.2 Å². The van der Waals surface area contributed by atoms with Crippen LogP contribution in [0.3, 0.4) is 0 Å². The van der Waals surface area contributed by atoms with E-state index in [0.717, 1.165) is 0 Å². The standard InChI is InChI=1S/C8H19O6PSi/c1-4-12-16(13-5-2,14-6-3)8-7-11-15(9)10/h4-8H2,1-3H3/p+1. The van der Waals surface area contributed by atoms with Gasteiger partial charge in [0.25, 0.3) is 0 Å². The maximum Gasteiger partial charge on any atom is 0.694 e. The molecule has 16 heavy (non-hydrogen) atoms. The lowest BCUT2D eigenvalue weighted by atomic mass is 10.9. The first kappa shape index (κ1) is 16.1. The zero-order valence-electron chi connectivity index (χ0n) is 9.97. The second-order valence-corrected chi connectivity index (χ2v) is 6.27. The van der Waals surface area contributed by atoms with Gasteiger partial charge in [-0.25, -0.2) is 0 Å². The van der Waals surface area contributed by atoms with Gasteiger partial charge in [-0.2, -0.15) is 0 Å². The van der Waals surface area contributed by atoms with Crippen molar-refractivity contribution in [3.05, 3.63) is 0 Å². The van der Waals surface area contributed by atoms with Crippen LogP contribution in [0.15, 0.2) is 0 Å². The van der Waals surface area contributed by atoms with E-state index in [9.17, 15) is 4.57 Å². The third-order valence-electron chi connectivity index (χ3n) is 1.70. The van der Waals surface area contributed by atoms with Crippen LogP contribution in [0.4, 0.5) is 0 Å². The molecule has 0 bridgehead atoms. The SMILES string of the molecule is CCO[Si](CCO[P+](=O)O)(OCC)OCC. The van der Waals surface area contributed by atoms with E-state index in [0.29, 0.717) is 25.9 Å². The molecule has 6 nitrogen and oxygen atoms in total. The molecule has 1 atom stereocenters. The van der Waals surface area contributed by atoms with Crippen molar-refractivity contribution in [2.45, 2.75) is 26.8 Å². The van der Waals surface area contributed by atoms with E-state index in [1.165, 1.54) is 0 Å². The molecule has 0 spiro atoms. The second kappa shape index (κ2) is 9.18. The molecule has 0 saturated carbocycles. The molecule has 0 aromatic heterocycles. The molecule has 1 unspecified atom stereocenters. The summed E-state index contributed by atoms with van der Waals surface area (Å²) in [4.78, 5) is 8.52. The summed E-state index contributed by atoms with van der Waals surface area (Å²) < 4.78 is 31.6. The lowest BCUT2D eigenvalue weighted by molar-refractivity contribution is 0.0675. The van der Waals surface area contributed by atoms with Gasteiger partial charge in [-0.1, -0.05) is 0 Å². The van der Waals surface area contributed by atoms with E-state index in [1.807, 2.05) is 20.8 Å². The van der Waals surface area contributed by atoms with Crippen LogP contribution in [0.5, 0.6) is 0 Å². The number of hydrogen-bond acceptors (Lipinski definition) is 5. The Morgan fingerprint density at radius 1 is 1.06 bits per heavy atom. The Kier molecular flexibility index (Phi) is 9.25. The average Bonchev–Trinajstić information content (AvgIpc) is 2.18. The Morgan fingerprint density at radius 2 is 1.50 bits per heavy atom. The minimum Gasteiger partial charge on any atom is -0.374 e. The van der Waals surface area contributed by atoms with Crippen LogP contribution < -0.4 is 0 Å². The van der Waals surface area contributed by atoms with Crippen LogP contribution in [-0.4, -0.2) is 40.1 Å². The van der Waals surface area contributed by atoms with Crippen LogP contribution in [0.1, 0.15) is 20.8 Å². The van der Waals surface area contributed by atoms with Crippen LogP contribution in [-0.2, 0) is 22.4 Å². The summed E-state index contributed by atoms with van der Waals surface area (Å²) in [6.07, 6.45) is 0. The normalized spacial score (nSPS) is 12.9. The highest BCUT2D eigenvalue weighted by atomic mass is 31.1. The summed E-state index contributed by atoms with van der Waals surface area (Å²) in [6.45, 7) is 7.11. The van der Waals surface area contributed by atoms with Crippen molar-refractivity contribution >= 4 is 17.1 Å². The summed E-state index contributed by atoms with van der Waals surface area (Å²) in [5, 5.41) is 0. The molecular weight excluding hydrogens is 251 g/mol. The maximum absolute atomic E-state index is 10.4. The van der Waals surface area contributed by atoms with Gasteiger partial charge in [-0.15, -0.1) is 9.42 Å². The molecule has 0 heterocycles. The maximum atomic E-state index is 10.4. The molecule has 0 rings (SSSR count). The third-order valence-corrected chi connectivity index (χ3v) is 5.11. The third kappa shape index (κ3) is 6.65. The Hall–Kier alpha value is 0.117. The van der Waals surface area contributed by atoms with Gasteiger partial charge in [0.05, 0.1) is 0 Å². The lowest BCUT2D eigenvalue weighted by Gasteiger charge is -2.27. The van der Waals surface area contributed by atoms with Crippen LogP contribution in [0.25, 0.3) is 0 Å². The first-order chi connectivity index (χ1) is 7.60. The molecular formula is C8H20O6PSi+. The fourth-order valence-corrected chi connectivity index (χ4v) is 4.02. The predicted octanol–water partition coefficient (Wildman–Crippen LogP) is 1.70. The molecule has 1 N–H and O–H groups in total. The molecule has 0 aliphatic carbocycles. The van der Waals surface area contributed by atoms with E-state index in [2.05, 4.69) is 4.52 Å². The number of rotatable bonds is 10. The van der Waals surface area contributed by atoms with Crippen LogP contribution in [0, 0.1) is 0 Å². The van der Waals surface area contributed by atoms with Gasteiger partial charge in [0.1, 0.15) is 6.61 Å². The largest absolute Gasteiger partial charge is 0.694 e. The summed E-state index contributed by atoms with van der Waals surface area (Å²) in [7, 11) is -5.30. The van der Waals surface area contributed by atoms with Gasteiger partial charge in [0, 0.05) is 30.4 Å². The molecule has 8 heteroatoms. The smallest absolute Gasteiger partial charge is 0.374 e. The van der Waals surface area contributed by atoms with Gasteiger partial charge in [-0.3, -0.25) is 0 Å². The number of hydrogen-bond donors (Lipinski definition) is 1. The summed E-state index contributed by atoms with van der Waals surface area (Å²) in [6, 6.07) is 0.379. The van der Waals surface area contributed by atoms with E-state index < -0.39 is 17.1 Å². The summed E-state index contributed by atoms with van der Waals surface area (Å²) in [5.74, 6) is 0. The van der Waals surface area contributed by atoms with Crippen LogP contribution >= 0.6 is 8.25 Å². The Balaban J connectivity index is 4.28. The monoisotopic (exact) mass is 271 g/mol. The highest BCUT2D eigenvalue weighted by molar-refractivity contribution is 7.32. The Labute approximate surface area is 98.2 Å². The van der Waals surface area contributed by atoms with Crippen molar-refractivity contribution < 1.29 is 27.3 Å². The second-order valence-electron chi connectivity index (χ2n) is 2.80. The van der Waals surface area contributed by atoms with Gasteiger partial charge < -0.3 is 13.3 Å². The van der Waals surface area contributed by atoms with Crippen molar-refractivity contribution in [3.63, 3.8) is 0 Å². The zero-order valence-corrected chi connectivity index (χ0v) is 11.9. The highest BCUT2D eigenvalue weighted by Gasteiger charge is 2.41. The first-order valence-electron chi connectivity index (χ1n) is 5.31. The molecule has 0 saturated heterocycles. The molecule has 0 aromatic rings. The fourth-order valence-electron chi connectivity index (χ4n) is 1.25. The Morgan fingerprint density at radius 3 is 1.81 bits per heavy atom. The first-order valence-corrected chi connectivity index (χ1v) is 8.37. The Bertz CT molecular complexity index is 186. The average molecular weight is 271 g/mol. The molecule has 0 amide bonds. The molecule has 0 aliphatic rings. The summed E-state index contributed by atoms with van der Waals surface area (Å²) in [5.41, 5.74) is 0. The molecule has 0 aromatic carbocycles. The molecule has 0 radical (unpaired) electrons. The van der Waals surface area contributed by atoms with E-state index in [1.54, 1.807) is 0 Å². The minimum absolute atomic E-state index is 0.0952. The lowest BCUT2D eigenvalue weighted by Crippen LogP contribution is -2.46. The quantitative estimate of drug-likeness (QED) is 0.481. The summed E-state index contributed by atoms with van der Waals surface area (Å²) >= 11 is 0. The topological polar surface area (TPSA) is 74.2 Å². The van der Waals surface area contributed by atoms with Crippen LogP contribution in [0.2, 0.25) is 6.04 Å². The van der Waals surface area contributed by atoms with Crippen molar-refractivity contribution in [1.29, 1.82) is 0 Å². The molecule has 0 aliphatic heterocycles. The van der Waals surface area contributed by atoms with Crippen molar-refractivity contribution in [2.24, 2.45) is 0 Å². The minimum atomic E-state index is -2.73. The molecule has 0 fully saturated rings. The van der Waals surface area contributed by atoms with Crippen molar-refractivity contribution in [3.8, 4) is 0 Å². The van der Waals surface area contributed by atoms with Crippen molar-refractivity contribution in [1.82, 2.24) is 0 Å². The van der Waals surface area contributed by atoms with E-state index in [-0.39, 0.29) is 6.61 Å². The van der Waals surface area contributed by atoms with Gasteiger partial charge >= 0.3 is 17.1 Å². The predicted molar refractivity (Wildman–Crippen MR) is 61.2 cm³/mol. The molecule has 96 valence electrons.